The zero-order chi connectivity index (χ0) is 6.54. The van der Waals surface area contributed by atoms with Gasteiger partial charge in [0.15, 0.2) is 0 Å². The van der Waals surface area contributed by atoms with Gasteiger partial charge in [0.1, 0.15) is 0 Å². The van der Waals surface area contributed by atoms with Crippen LogP contribution in [0.1, 0.15) is 0 Å². The molecule has 0 saturated carbocycles. The Bertz CT molecular complexity index is 189. The van der Waals surface area contributed by atoms with Crippen molar-refractivity contribution in [3.8, 4) is 0 Å². The van der Waals surface area contributed by atoms with Gasteiger partial charge in [-0.2, -0.15) is 0 Å². The average Bonchev–Trinajstić information content (AvgIpc) is 2.33. The lowest BCUT2D eigenvalue weighted by molar-refractivity contribution is 0.0826. The Morgan fingerprint density at radius 3 is 2.44 bits per heavy atom. The van der Waals surface area contributed by atoms with E-state index < -0.39 is 10.3 Å². The molecule has 0 radical (unpaired) electrons. The molecule has 1 saturated heterocycles. The normalized spacial score (nSPS) is 53.1. The molecule has 2 unspecified atom stereocenters. The molecular formula is C6H5BrO2. The molecule has 0 bridgehead atoms. The molecule has 0 amide bonds. The molecule has 9 heavy (non-hydrogen) atoms. The number of epoxide rings is 1. The molecule has 1 aliphatic carbocycles. The molecule has 1 heterocycles. The molecule has 2 nitrogen and oxygen atoms in total. The van der Waals surface area contributed by atoms with Gasteiger partial charge in [-0.15, -0.1) is 0 Å². The Balaban J connectivity index is 2.40. The number of fused-ring (bicyclic) bond motifs is 1. The van der Waals surface area contributed by atoms with E-state index in [9.17, 15) is 5.11 Å². The van der Waals surface area contributed by atoms with Crippen molar-refractivity contribution in [3.63, 3.8) is 0 Å². The van der Waals surface area contributed by atoms with E-state index >= 15 is 0 Å². The van der Waals surface area contributed by atoms with Crippen molar-refractivity contribution < 1.29 is 9.84 Å². The van der Waals surface area contributed by atoms with Gasteiger partial charge in [-0.1, -0.05) is 12.2 Å². The minimum Gasteiger partial charge on any atom is -0.359 e. The second-order valence-corrected chi connectivity index (χ2v) is 3.34. The van der Waals surface area contributed by atoms with E-state index in [4.69, 9.17) is 4.74 Å². The van der Waals surface area contributed by atoms with E-state index in [1.54, 1.807) is 18.2 Å². The second-order valence-electron chi connectivity index (χ2n) is 2.16. The Kier molecular flexibility index (Phi) is 0.822. The van der Waals surface area contributed by atoms with E-state index in [0.717, 1.165) is 0 Å². The van der Waals surface area contributed by atoms with E-state index in [0.29, 0.717) is 0 Å². The fourth-order valence-electron chi connectivity index (χ4n) is 0.867. The molecule has 3 heteroatoms. The third-order valence-electron chi connectivity index (χ3n) is 1.49. The highest BCUT2D eigenvalue weighted by molar-refractivity contribution is 9.10. The summed E-state index contributed by atoms with van der Waals surface area (Å²) in [7, 11) is 0. The first-order valence-corrected chi connectivity index (χ1v) is 3.44. The molecule has 0 aromatic rings. The van der Waals surface area contributed by atoms with Crippen LogP contribution in [-0.2, 0) is 4.74 Å². The van der Waals surface area contributed by atoms with Crippen LogP contribution in [0.3, 0.4) is 0 Å². The standard InChI is InChI=1S/C6H5BrO2/c7-5-3-1-2-4-6(5,8)9-5/h1-4,8H. The SMILES string of the molecule is OC12C=CC=CC1(Br)O2. The Morgan fingerprint density at radius 1 is 1.33 bits per heavy atom. The van der Waals surface area contributed by atoms with Crippen molar-refractivity contribution >= 4 is 15.9 Å². The largest absolute Gasteiger partial charge is 0.359 e. The lowest BCUT2D eigenvalue weighted by atomic mass is 10.1. The van der Waals surface area contributed by atoms with Gasteiger partial charge in [0.2, 0.25) is 10.3 Å². The first-order valence-electron chi connectivity index (χ1n) is 2.65. The first kappa shape index (κ1) is 5.65. The number of ether oxygens (including phenoxy) is 1. The molecule has 48 valence electrons. The van der Waals surface area contributed by atoms with E-state index in [1.807, 2.05) is 6.08 Å². The van der Waals surface area contributed by atoms with E-state index in [-0.39, 0.29) is 0 Å². The van der Waals surface area contributed by atoms with Crippen LogP contribution >= 0.6 is 15.9 Å². The number of hydrogen-bond acceptors (Lipinski definition) is 2. The van der Waals surface area contributed by atoms with Gasteiger partial charge in [0, 0.05) is 0 Å². The highest BCUT2D eigenvalue weighted by Gasteiger charge is 2.66. The zero-order valence-electron chi connectivity index (χ0n) is 4.54. The molecular weight excluding hydrogens is 184 g/mol. The summed E-state index contributed by atoms with van der Waals surface area (Å²) in [4.78, 5) is 0. The van der Waals surface area contributed by atoms with Gasteiger partial charge in [-0.3, -0.25) is 0 Å². The quantitative estimate of drug-likeness (QED) is 0.454. The van der Waals surface area contributed by atoms with Crippen LogP contribution in [0, 0.1) is 0 Å². The average molecular weight is 189 g/mol. The molecule has 1 fully saturated rings. The Hall–Kier alpha value is -0.120. The van der Waals surface area contributed by atoms with E-state index in [1.165, 1.54) is 0 Å². The highest BCUT2D eigenvalue weighted by Crippen LogP contribution is 2.54. The topological polar surface area (TPSA) is 32.8 Å². The van der Waals surface area contributed by atoms with Gasteiger partial charge < -0.3 is 9.84 Å². The minimum atomic E-state index is -1.07. The number of hydrogen-bond donors (Lipinski definition) is 1. The summed E-state index contributed by atoms with van der Waals surface area (Å²) in [5.74, 6) is -1.07. The predicted octanol–water partition coefficient (Wildman–Crippen LogP) is 0.922. The fraction of sp³-hybridized carbons (Fsp3) is 0.333. The Labute approximate surface area is 60.9 Å². The van der Waals surface area contributed by atoms with Crippen molar-refractivity contribution in [1.82, 2.24) is 0 Å². The lowest BCUT2D eigenvalue weighted by Crippen LogP contribution is -2.16. The molecule has 1 N–H and O–H groups in total. The predicted molar refractivity (Wildman–Crippen MR) is 36.0 cm³/mol. The van der Waals surface area contributed by atoms with Gasteiger partial charge in [-0.25, -0.2) is 0 Å². The van der Waals surface area contributed by atoms with Crippen molar-refractivity contribution in [2.75, 3.05) is 0 Å². The number of aliphatic hydroxyl groups is 1. The summed E-state index contributed by atoms with van der Waals surface area (Å²) in [5, 5.41) is 9.30. The molecule has 2 aliphatic rings. The molecule has 2 atom stereocenters. The van der Waals surface area contributed by atoms with Crippen LogP contribution in [0.15, 0.2) is 24.3 Å². The molecule has 0 spiro atoms. The van der Waals surface area contributed by atoms with E-state index in [2.05, 4.69) is 15.9 Å². The van der Waals surface area contributed by atoms with Crippen LogP contribution in [0.2, 0.25) is 0 Å². The van der Waals surface area contributed by atoms with Crippen LogP contribution < -0.4 is 0 Å². The molecule has 0 aromatic carbocycles. The fourth-order valence-corrected chi connectivity index (χ4v) is 1.40. The highest BCUT2D eigenvalue weighted by atomic mass is 79.9. The smallest absolute Gasteiger partial charge is 0.232 e. The maximum Gasteiger partial charge on any atom is 0.232 e. The summed E-state index contributed by atoms with van der Waals surface area (Å²) in [6, 6.07) is 0. The third-order valence-corrected chi connectivity index (χ3v) is 2.49. The third kappa shape index (κ3) is 0.569. The summed E-state index contributed by atoms with van der Waals surface area (Å²) >= 11 is 3.21. The summed E-state index contributed by atoms with van der Waals surface area (Å²) in [6.07, 6.45) is 6.97. The van der Waals surface area contributed by atoms with Gasteiger partial charge in [-0.05, 0) is 28.1 Å². The van der Waals surface area contributed by atoms with Crippen molar-refractivity contribution in [3.05, 3.63) is 24.3 Å². The summed E-state index contributed by atoms with van der Waals surface area (Å²) in [6.45, 7) is 0. The second kappa shape index (κ2) is 1.31. The molecule has 1 aliphatic heterocycles. The van der Waals surface area contributed by atoms with Gasteiger partial charge in [0.25, 0.3) is 0 Å². The monoisotopic (exact) mass is 188 g/mol. The van der Waals surface area contributed by atoms with Crippen LogP contribution in [0.25, 0.3) is 0 Å². The maximum atomic E-state index is 9.30. The van der Waals surface area contributed by atoms with Crippen LogP contribution in [-0.4, -0.2) is 15.4 Å². The van der Waals surface area contributed by atoms with Gasteiger partial charge >= 0.3 is 0 Å². The molecule has 0 aromatic heterocycles. The van der Waals surface area contributed by atoms with Crippen LogP contribution in [0.4, 0.5) is 0 Å². The summed E-state index contributed by atoms with van der Waals surface area (Å²) in [5.41, 5.74) is 0. The van der Waals surface area contributed by atoms with Gasteiger partial charge in [0.05, 0.1) is 0 Å². The van der Waals surface area contributed by atoms with Crippen molar-refractivity contribution in [2.45, 2.75) is 10.3 Å². The minimum absolute atomic E-state index is 0.616. The lowest BCUT2D eigenvalue weighted by Gasteiger charge is -2.02. The first-order chi connectivity index (χ1) is 4.16. The Morgan fingerprint density at radius 2 is 2.00 bits per heavy atom. The van der Waals surface area contributed by atoms with Crippen molar-refractivity contribution in [2.24, 2.45) is 0 Å². The maximum absolute atomic E-state index is 9.30. The molecule has 2 rings (SSSR count). The zero-order valence-corrected chi connectivity index (χ0v) is 6.13. The van der Waals surface area contributed by atoms with Crippen LogP contribution in [0.5, 0.6) is 0 Å². The summed E-state index contributed by atoms with van der Waals surface area (Å²) < 4.78 is 4.34. The van der Waals surface area contributed by atoms with Crippen molar-refractivity contribution in [1.29, 1.82) is 0 Å². The number of halogens is 1. The number of rotatable bonds is 0. The number of alkyl halides is 1. The number of allylic oxidation sites excluding steroid dienone is 2.